The Hall–Kier alpha value is -1.34. The molecule has 4 nitrogen and oxygen atoms in total. The molecule has 4 rings (SSSR count). The van der Waals surface area contributed by atoms with Crippen LogP contribution in [0.1, 0.15) is 90.5 Å². The van der Waals surface area contributed by atoms with E-state index in [9.17, 15) is 4.79 Å². The van der Waals surface area contributed by atoms with Gasteiger partial charge in [-0.2, -0.15) is 0 Å². The van der Waals surface area contributed by atoms with Crippen LogP contribution in [0.25, 0.3) is 10.8 Å². The number of ether oxygens (including phenoxy) is 2. The number of carbonyl (C=O) groups excluding carboxylic acids is 1. The molecule has 2 aliphatic carbocycles. The molecule has 0 radical (unpaired) electrons. The van der Waals surface area contributed by atoms with E-state index >= 15 is 0 Å². The van der Waals surface area contributed by atoms with Crippen LogP contribution >= 0.6 is 22.6 Å². The van der Waals surface area contributed by atoms with Gasteiger partial charge in [0.15, 0.2) is 0 Å². The minimum Gasteiger partial charge on any atom is -0.490 e. The molecule has 0 heterocycles. The first kappa shape index (κ1) is 28.7. The molecule has 2 aromatic rings. The third-order valence-electron chi connectivity index (χ3n) is 8.45. The summed E-state index contributed by atoms with van der Waals surface area (Å²) in [6.45, 7) is 9.30. The molecule has 0 aromatic heterocycles. The number of halogens is 1. The third-order valence-corrected chi connectivity index (χ3v) is 9.21. The van der Waals surface area contributed by atoms with Crippen molar-refractivity contribution in [2.24, 2.45) is 11.3 Å². The molecular weight excluding hydrogens is 573 g/mol. The Morgan fingerprint density at radius 3 is 2.38 bits per heavy atom. The molecule has 0 spiro atoms. The SMILES string of the molecule is CC(C)(C)C1CCC(Oc2ccc3cc(CN(CCC(=O)OCCCI)C4CCCC4)ccc3c2)CC1. The van der Waals surface area contributed by atoms with Crippen molar-refractivity contribution in [3.05, 3.63) is 42.0 Å². The molecule has 0 aliphatic heterocycles. The molecule has 0 saturated heterocycles. The molecule has 0 N–H and O–H groups in total. The van der Waals surface area contributed by atoms with Gasteiger partial charge in [-0.25, -0.2) is 0 Å². The zero-order chi connectivity index (χ0) is 26.3. The zero-order valence-corrected chi connectivity index (χ0v) is 25.3. The van der Waals surface area contributed by atoms with Crippen molar-refractivity contribution in [1.29, 1.82) is 0 Å². The second-order valence-electron chi connectivity index (χ2n) is 12.2. The lowest BCUT2D eigenvalue weighted by atomic mass is 9.72. The van der Waals surface area contributed by atoms with Gasteiger partial charge in [-0.15, -0.1) is 0 Å². The minimum absolute atomic E-state index is 0.0641. The van der Waals surface area contributed by atoms with E-state index in [2.05, 4.69) is 84.7 Å². The van der Waals surface area contributed by atoms with Crippen LogP contribution in [-0.4, -0.2) is 40.6 Å². The van der Waals surface area contributed by atoms with Crippen molar-refractivity contribution < 1.29 is 14.3 Å². The van der Waals surface area contributed by atoms with E-state index in [0.717, 1.165) is 48.4 Å². The molecule has 204 valence electrons. The van der Waals surface area contributed by atoms with Crippen molar-refractivity contribution in [3.8, 4) is 5.75 Å². The fourth-order valence-corrected chi connectivity index (χ4v) is 6.44. The first-order chi connectivity index (χ1) is 17.8. The van der Waals surface area contributed by atoms with Gasteiger partial charge in [-0.05, 0) is 90.8 Å². The van der Waals surface area contributed by atoms with Gasteiger partial charge in [0, 0.05) is 23.6 Å². The van der Waals surface area contributed by atoms with E-state index in [4.69, 9.17) is 9.47 Å². The third kappa shape index (κ3) is 8.58. The molecule has 2 aromatic carbocycles. The number of benzene rings is 2. The standard InChI is InChI=1S/C32H46INO3/c1-32(2,3)27-12-15-29(16-13-27)37-30-14-11-25-21-24(9-10-26(25)22-30)23-34(28-7-4-5-8-28)19-17-31(35)36-20-6-18-33/h9-11,14,21-22,27-29H,4-8,12-13,15-20,23H2,1-3H3. The summed E-state index contributed by atoms with van der Waals surface area (Å²) < 4.78 is 12.9. The summed E-state index contributed by atoms with van der Waals surface area (Å²) in [7, 11) is 0. The summed E-state index contributed by atoms with van der Waals surface area (Å²) >= 11 is 2.32. The molecule has 0 unspecified atom stereocenters. The van der Waals surface area contributed by atoms with Crippen LogP contribution in [0, 0.1) is 11.3 Å². The molecular formula is C32H46INO3. The van der Waals surface area contributed by atoms with E-state index in [0.29, 0.717) is 30.6 Å². The van der Waals surface area contributed by atoms with E-state index in [1.165, 1.54) is 54.9 Å². The van der Waals surface area contributed by atoms with Crippen LogP contribution < -0.4 is 4.74 Å². The van der Waals surface area contributed by atoms with Crippen LogP contribution in [0.4, 0.5) is 0 Å². The fourth-order valence-electron chi connectivity index (χ4n) is 6.13. The fraction of sp³-hybridized carbons (Fsp3) is 0.656. The summed E-state index contributed by atoms with van der Waals surface area (Å²) in [6.07, 6.45) is 11.6. The Bertz CT molecular complexity index is 1000. The van der Waals surface area contributed by atoms with Crippen molar-refractivity contribution in [1.82, 2.24) is 4.90 Å². The first-order valence-electron chi connectivity index (χ1n) is 14.5. The highest BCUT2D eigenvalue weighted by molar-refractivity contribution is 14.1. The quantitative estimate of drug-likeness (QED) is 0.110. The van der Waals surface area contributed by atoms with Gasteiger partial charge in [0.1, 0.15) is 5.75 Å². The molecule has 37 heavy (non-hydrogen) atoms. The van der Waals surface area contributed by atoms with Crippen LogP contribution in [0.3, 0.4) is 0 Å². The first-order valence-corrected chi connectivity index (χ1v) is 16.0. The van der Waals surface area contributed by atoms with Gasteiger partial charge in [0.05, 0.1) is 19.1 Å². The maximum absolute atomic E-state index is 12.2. The number of alkyl halides is 1. The van der Waals surface area contributed by atoms with Gasteiger partial charge in [-0.3, -0.25) is 9.69 Å². The number of hydrogen-bond donors (Lipinski definition) is 0. The van der Waals surface area contributed by atoms with E-state index in [1.54, 1.807) is 0 Å². The number of nitrogens with zero attached hydrogens (tertiary/aromatic N) is 1. The largest absolute Gasteiger partial charge is 0.490 e. The molecule has 2 aliphatic rings. The number of hydrogen-bond acceptors (Lipinski definition) is 4. The lowest BCUT2D eigenvalue weighted by Crippen LogP contribution is -2.34. The van der Waals surface area contributed by atoms with Gasteiger partial charge >= 0.3 is 5.97 Å². The van der Waals surface area contributed by atoms with E-state index in [-0.39, 0.29) is 5.97 Å². The monoisotopic (exact) mass is 619 g/mol. The Balaban J connectivity index is 1.35. The number of esters is 1. The van der Waals surface area contributed by atoms with Crippen molar-refractivity contribution >= 4 is 39.3 Å². The predicted octanol–water partition coefficient (Wildman–Crippen LogP) is 8.33. The highest BCUT2D eigenvalue weighted by Gasteiger charge is 2.30. The predicted molar refractivity (Wildman–Crippen MR) is 162 cm³/mol. The van der Waals surface area contributed by atoms with Gasteiger partial charge < -0.3 is 9.47 Å². The second kappa shape index (κ2) is 13.6. The molecule has 2 saturated carbocycles. The summed E-state index contributed by atoms with van der Waals surface area (Å²) in [5.41, 5.74) is 1.71. The molecule has 5 heteroatoms. The molecule has 0 bridgehead atoms. The maximum Gasteiger partial charge on any atom is 0.307 e. The Morgan fingerprint density at radius 1 is 0.973 bits per heavy atom. The lowest BCUT2D eigenvalue weighted by Gasteiger charge is -2.37. The number of fused-ring (bicyclic) bond motifs is 1. The van der Waals surface area contributed by atoms with Crippen molar-refractivity contribution in [2.45, 2.75) is 104 Å². The van der Waals surface area contributed by atoms with E-state index < -0.39 is 0 Å². The van der Waals surface area contributed by atoms with Gasteiger partial charge in [-0.1, -0.05) is 74.4 Å². The van der Waals surface area contributed by atoms with Crippen LogP contribution in [0.2, 0.25) is 0 Å². The van der Waals surface area contributed by atoms with Crippen LogP contribution in [0.5, 0.6) is 5.75 Å². The number of rotatable bonds is 11. The van der Waals surface area contributed by atoms with Crippen LogP contribution in [-0.2, 0) is 16.1 Å². The summed E-state index contributed by atoms with van der Waals surface area (Å²) in [4.78, 5) is 14.7. The summed E-state index contributed by atoms with van der Waals surface area (Å²) in [6, 6.07) is 13.9. The zero-order valence-electron chi connectivity index (χ0n) is 23.1. The van der Waals surface area contributed by atoms with E-state index in [1.807, 2.05) is 0 Å². The van der Waals surface area contributed by atoms with Crippen LogP contribution in [0.15, 0.2) is 36.4 Å². The highest BCUT2D eigenvalue weighted by atomic mass is 127. The Morgan fingerprint density at radius 2 is 1.68 bits per heavy atom. The second-order valence-corrected chi connectivity index (χ2v) is 13.3. The summed E-state index contributed by atoms with van der Waals surface area (Å²) in [5.74, 6) is 1.73. The summed E-state index contributed by atoms with van der Waals surface area (Å²) in [5, 5.41) is 2.49. The van der Waals surface area contributed by atoms with Crippen molar-refractivity contribution in [3.63, 3.8) is 0 Å². The highest BCUT2D eigenvalue weighted by Crippen LogP contribution is 2.39. The normalized spacial score (nSPS) is 21.0. The Kier molecular flexibility index (Phi) is 10.6. The van der Waals surface area contributed by atoms with Crippen molar-refractivity contribution in [2.75, 3.05) is 17.6 Å². The molecule has 2 fully saturated rings. The minimum atomic E-state index is -0.0641. The topological polar surface area (TPSA) is 38.8 Å². The average Bonchev–Trinajstić information content (AvgIpc) is 3.41. The lowest BCUT2D eigenvalue weighted by molar-refractivity contribution is -0.144. The number of carbonyl (C=O) groups is 1. The average molecular weight is 620 g/mol. The molecule has 0 amide bonds. The Labute approximate surface area is 238 Å². The van der Waals surface area contributed by atoms with Gasteiger partial charge in [0.2, 0.25) is 0 Å². The molecule has 0 atom stereocenters. The smallest absolute Gasteiger partial charge is 0.307 e. The van der Waals surface area contributed by atoms with Gasteiger partial charge in [0.25, 0.3) is 0 Å². The maximum atomic E-state index is 12.2.